The Morgan fingerprint density at radius 2 is 2.16 bits per heavy atom. The van der Waals surface area contributed by atoms with Crippen molar-refractivity contribution < 1.29 is 14.0 Å². The molecular formula is C23H28FN5O2. The molecule has 4 rings (SSSR count). The van der Waals surface area contributed by atoms with Crippen LogP contribution in [0, 0.1) is 11.7 Å². The summed E-state index contributed by atoms with van der Waals surface area (Å²) in [6.07, 6.45) is 2.90. The fraction of sp³-hybridized carbons (Fsp3) is 0.435. The van der Waals surface area contributed by atoms with Crippen molar-refractivity contribution in [2.24, 2.45) is 5.92 Å². The Kier molecular flexibility index (Phi) is 6.18. The van der Waals surface area contributed by atoms with Gasteiger partial charge in [0.25, 0.3) is 0 Å². The van der Waals surface area contributed by atoms with Gasteiger partial charge in [0, 0.05) is 5.69 Å². The number of rotatable bonds is 6. The maximum Gasteiger partial charge on any atom is 0.242 e. The van der Waals surface area contributed by atoms with Crippen LogP contribution in [0.1, 0.15) is 42.6 Å². The van der Waals surface area contributed by atoms with Crippen LogP contribution in [0.5, 0.6) is 0 Å². The number of nitrogens with two attached hydrogens (primary N) is 1. The summed E-state index contributed by atoms with van der Waals surface area (Å²) in [5.74, 6) is 0.0624. The number of pyridine rings is 1. The van der Waals surface area contributed by atoms with E-state index in [9.17, 15) is 14.0 Å². The molecule has 4 atom stereocenters. The van der Waals surface area contributed by atoms with Crippen LogP contribution in [0.15, 0.2) is 36.4 Å². The Morgan fingerprint density at radius 1 is 1.32 bits per heavy atom. The van der Waals surface area contributed by atoms with Crippen molar-refractivity contribution in [1.29, 1.82) is 0 Å². The predicted molar refractivity (Wildman–Crippen MR) is 115 cm³/mol. The summed E-state index contributed by atoms with van der Waals surface area (Å²) in [6, 6.07) is 9.07. The van der Waals surface area contributed by atoms with Gasteiger partial charge in [-0.3, -0.25) is 9.59 Å². The smallest absolute Gasteiger partial charge is 0.242 e. The third-order valence-corrected chi connectivity index (χ3v) is 6.10. The summed E-state index contributed by atoms with van der Waals surface area (Å²) in [5, 5.41) is 9.04. The average Bonchev–Trinajstić information content (AvgIpc) is 3.35. The van der Waals surface area contributed by atoms with E-state index >= 15 is 0 Å². The van der Waals surface area contributed by atoms with Crippen LogP contribution in [-0.2, 0) is 22.4 Å². The SMILES string of the molecule is C[C@H](NC(=O)[C@H]1C[C@H](Cc2cccc(F)c2)CN1)C(=O)N[C@@H]1CCc2nc(N)ccc21. The molecule has 7 nitrogen and oxygen atoms in total. The number of nitrogens with one attached hydrogen (secondary N) is 3. The molecule has 31 heavy (non-hydrogen) atoms. The van der Waals surface area contributed by atoms with Gasteiger partial charge >= 0.3 is 0 Å². The number of fused-ring (bicyclic) bond motifs is 1. The molecule has 1 aromatic heterocycles. The zero-order chi connectivity index (χ0) is 22.0. The number of nitrogens with zero attached hydrogens (tertiary/aromatic N) is 1. The van der Waals surface area contributed by atoms with E-state index in [0.29, 0.717) is 25.2 Å². The Bertz CT molecular complexity index is 982. The van der Waals surface area contributed by atoms with Crippen molar-refractivity contribution in [3.63, 3.8) is 0 Å². The highest BCUT2D eigenvalue weighted by Gasteiger charge is 2.32. The minimum Gasteiger partial charge on any atom is -0.384 e. The fourth-order valence-corrected chi connectivity index (χ4v) is 4.47. The van der Waals surface area contributed by atoms with Gasteiger partial charge in [-0.25, -0.2) is 9.37 Å². The standard InChI is InChI=1S/C23H28FN5O2/c1-13(22(30)29-19-7-6-18-17(19)5-8-21(25)28-18)27-23(31)20-11-15(12-26-20)9-14-3-2-4-16(24)10-14/h2-5,8,10,13,15,19-20,26H,6-7,9,11-12H2,1H3,(H2,25,28)(H,27,31)(H,29,30)/t13-,15-,19+,20+/m0/s1. The second-order valence-electron chi connectivity index (χ2n) is 8.50. The van der Waals surface area contributed by atoms with Crippen molar-refractivity contribution in [3.05, 3.63) is 59.0 Å². The molecule has 2 aliphatic rings. The number of hydrogen-bond acceptors (Lipinski definition) is 5. The lowest BCUT2D eigenvalue weighted by molar-refractivity contribution is -0.129. The molecule has 0 bridgehead atoms. The molecule has 1 saturated heterocycles. The molecule has 0 unspecified atom stereocenters. The molecule has 2 heterocycles. The maximum atomic E-state index is 13.4. The fourth-order valence-electron chi connectivity index (χ4n) is 4.47. The van der Waals surface area contributed by atoms with E-state index in [4.69, 9.17) is 5.73 Å². The van der Waals surface area contributed by atoms with Crippen LogP contribution < -0.4 is 21.7 Å². The van der Waals surface area contributed by atoms with Crippen molar-refractivity contribution in [1.82, 2.24) is 20.9 Å². The molecular weight excluding hydrogens is 397 g/mol. The van der Waals surface area contributed by atoms with Gasteiger partial charge in [-0.05, 0) is 74.4 Å². The van der Waals surface area contributed by atoms with Gasteiger partial charge in [-0.2, -0.15) is 0 Å². The van der Waals surface area contributed by atoms with E-state index in [0.717, 1.165) is 29.7 Å². The van der Waals surface area contributed by atoms with Crippen LogP contribution in [0.25, 0.3) is 0 Å². The average molecular weight is 426 g/mol. The molecule has 5 N–H and O–H groups in total. The minimum absolute atomic E-state index is 0.116. The lowest BCUT2D eigenvalue weighted by atomic mass is 9.96. The van der Waals surface area contributed by atoms with E-state index in [1.807, 2.05) is 12.1 Å². The highest BCUT2D eigenvalue weighted by molar-refractivity contribution is 5.89. The molecule has 2 aromatic rings. The highest BCUT2D eigenvalue weighted by atomic mass is 19.1. The normalized spacial score (nSPS) is 23.2. The summed E-state index contributed by atoms with van der Waals surface area (Å²) in [7, 11) is 0. The van der Waals surface area contributed by atoms with Crippen LogP contribution in [0.3, 0.4) is 0 Å². The van der Waals surface area contributed by atoms with E-state index in [1.165, 1.54) is 12.1 Å². The zero-order valence-corrected chi connectivity index (χ0v) is 17.5. The van der Waals surface area contributed by atoms with Crippen LogP contribution in [-0.4, -0.2) is 35.4 Å². The van der Waals surface area contributed by atoms with Gasteiger partial charge in [0.15, 0.2) is 0 Å². The van der Waals surface area contributed by atoms with Gasteiger partial charge in [-0.1, -0.05) is 18.2 Å². The quantitative estimate of drug-likeness (QED) is 0.563. The van der Waals surface area contributed by atoms with Gasteiger partial charge in [0.1, 0.15) is 17.7 Å². The summed E-state index contributed by atoms with van der Waals surface area (Å²) in [5.41, 5.74) is 8.56. The number of amides is 2. The van der Waals surface area contributed by atoms with Gasteiger partial charge < -0.3 is 21.7 Å². The molecule has 164 valence electrons. The monoisotopic (exact) mass is 425 g/mol. The summed E-state index contributed by atoms with van der Waals surface area (Å²) >= 11 is 0. The zero-order valence-electron chi connectivity index (χ0n) is 17.5. The van der Waals surface area contributed by atoms with E-state index in [1.54, 1.807) is 19.1 Å². The Balaban J connectivity index is 1.26. The first-order chi connectivity index (χ1) is 14.9. The summed E-state index contributed by atoms with van der Waals surface area (Å²) < 4.78 is 13.4. The Hall–Kier alpha value is -3.00. The molecule has 0 saturated carbocycles. The second-order valence-corrected chi connectivity index (χ2v) is 8.50. The lowest BCUT2D eigenvalue weighted by Gasteiger charge is -2.20. The number of anilines is 1. The third-order valence-electron chi connectivity index (χ3n) is 6.10. The number of hydrogen-bond donors (Lipinski definition) is 4. The number of halogens is 1. The first kappa shape index (κ1) is 21.2. The summed E-state index contributed by atoms with van der Waals surface area (Å²) in [4.78, 5) is 29.6. The van der Waals surface area contributed by atoms with Gasteiger partial charge in [-0.15, -0.1) is 0 Å². The van der Waals surface area contributed by atoms with Crippen molar-refractivity contribution >= 4 is 17.6 Å². The summed E-state index contributed by atoms with van der Waals surface area (Å²) in [6.45, 7) is 2.37. The van der Waals surface area contributed by atoms with Crippen molar-refractivity contribution in [2.45, 2.75) is 50.7 Å². The number of benzene rings is 1. The number of carbonyl (C=O) groups is 2. The largest absolute Gasteiger partial charge is 0.384 e. The number of carbonyl (C=O) groups excluding carboxylic acids is 2. The second kappa shape index (κ2) is 9.01. The van der Waals surface area contributed by atoms with E-state index < -0.39 is 6.04 Å². The molecule has 1 aliphatic carbocycles. The molecule has 0 radical (unpaired) electrons. The Morgan fingerprint density at radius 3 is 2.97 bits per heavy atom. The van der Waals surface area contributed by atoms with Gasteiger partial charge in [0.2, 0.25) is 11.8 Å². The van der Waals surface area contributed by atoms with Crippen LogP contribution >= 0.6 is 0 Å². The molecule has 1 aromatic carbocycles. The number of aromatic nitrogens is 1. The van der Waals surface area contributed by atoms with E-state index in [2.05, 4.69) is 20.9 Å². The number of aryl methyl sites for hydroxylation is 1. The molecule has 2 amide bonds. The van der Waals surface area contributed by atoms with Crippen LogP contribution in [0.2, 0.25) is 0 Å². The minimum atomic E-state index is -0.651. The topological polar surface area (TPSA) is 109 Å². The molecule has 0 spiro atoms. The van der Waals surface area contributed by atoms with Gasteiger partial charge in [0.05, 0.1) is 12.1 Å². The first-order valence-corrected chi connectivity index (χ1v) is 10.7. The first-order valence-electron chi connectivity index (χ1n) is 10.7. The van der Waals surface area contributed by atoms with Crippen molar-refractivity contribution in [2.75, 3.05) is 12.3 Å². The number of nitrogen functional groups attached to an aromatic ring is 1. The lowest BCUT2D eigenvalue weighted by Crippen LogP contribution is -2.50. The molecule has 1 aliphatic heterocycles. The Labute approximate surface area is 181 Å². The van der Waals surface area contributed by atoms with Crippen molar-refractivity contribution in [3.8, 4) is 0 Å². The third kappa shape index (κ3) is 5.02. The maximum absolute atomic E-state index is 13.4. The van der Waals surface area contributed by atoms with E-state index in [-0.39, 0.29) is 35.6 Å². The molecule has 1 fully saturated rings. The van der Waals surface area contributed by atoms with Crippen LogP contribution in [0.4, 0.5) is 10.2 Å². The predicted octanol–water partition coefficient (Wildman–Crippen LogP) is 1.63. The molecule has 8 heteroatoms. The highest BCUT2D eigenvalue weighted by Crippen LogP contribution is 2.30.